The first kappa shape index (κ1) is 14.4. The zero-order chi connectivity index (χ0) is 14.8. The Bertz CT molecular complexity index is 685. The molecule has 0 N–H and O–H groups in total. The summed E-state index contributed by atoms with van der Waals surface area (Å²) >= 11 is 6.07. The van der Waals surface area contributed by atoms with E-state index in [9.17, 15) is 0 Å². The van der Waals surface area contributed by atoms with Gasteiger partial charge in [0.25, 0.3) is 0 Å². The van der Waals surface area contributed by atoms with E-state index >= 15 is 0 Å². The Labute approximate surface area is 129 Å². The Morgan fingerprint density at radius 3 is 3.05 bits per heavy atom. The van der Waals surface area contributed by atoms with Crippen LogP contribution in [0.3, 0.4) is 0 Å². The van der Waals surface area contributed by atoms with Gasteiger partial charge in [0.1, 0.15) is 5.82 Å². The van der Waals surface area contributed by atoms with Gasteiger partial charge in [0, 0.05) is 12.6 Å². The molecule has 1 aromatic heterocycles. The van der Waals surface area contributed by atoms with Crippen LogP contribution in [0.2, 0.25) is 0 Å². The lowest BCUT2D eigenvalue weighted by Gasteiger charge is -2.24. The fraction of sp³-hybridized carbons (Fsp3) is 0.500. The third kappa shape index (κ3) is 2.64. The number of likely N-dealkylation sites (tertiary alicyclic amines) is 1. The van der Waals surface area contributed by atoms with Crippen molar-refractivity contribution in [2.75, 3.05) is 13.1 Å². The minimum atomic E-state index is 0.398. The molecule has 1 fully saturated rings. The molecule has 1 aliphatic heterocycles. The number of aromatic nitrogens is 2. The lowest BCUT2D eigenvalue weighted by molar-refractivity contribution is 0.245. The van der Waals surface area contributed by atoms with Crippen LogP contribution in [0.5, 0.6) is 0 Å². The summed E-state index contributed by atoms with van der Waals surface area (Å²) in [5.74, 6) is 1.29. The minimum absolute atomic E-state index is 0.398. The van der Waals surface area contributed by atoms with E-state index < -0.39 is 0 Å². The molecule has 3 rings (SSSR count). The number of hydrogen-bond acceptors (Lipinski definition) is 3. The predicted octanol–water partition coefficient (Wildman–Crippen LogP) is 3.13. The highest BCUT2D eigenvalue weighted by Crippen LogP contribution is 2.24. The van der Waals surface area contributed by atoms with E-state index in [-0.39, 0.29) is 0 Å². The van der Waals surface area contributed by atoms with Gasteiger partial charge >= 0.3 is 0 Å². The van der Waals surface area contributed by atoms with Crippen LogP contribution in [0, 0.1) is 11.3 Å². The van der Waals surface area contributed by atoms with Crippen molar-refractivity contribution in [3.05, 3.63) is 29.6 Å². The second-order valence-electron chi connectivity index (χ2n) is 5.51. The highest BCUT2D eigenvalue weighted by Gasteiger charge is 2.25. The number of nitriles is 1. The van der Waals surface area contributed by atoms with Crippen LogP contribution in [0.1, 0.15) is 31.2 Å². The Hall–Kier alpha value is -1.57. The molecule has 110 valence electrons. The molecule has 21 heavy (non-hydrogen) atoms. The van der Waals surface area contributed by atoms with Crippen molar-refractivity contribution in [1.82, 2.24) is 14.5 Å². The van der Waals surface area contributed by atoms with Gasteiger partial charge in [-0.1, -0.05) is 6.92 Å². The molecule has 0 aliphatic carbocycles. The molecule has 1 saturated heterocycles. The van der Waals surface area contributed by atoms with Crippen molar-refractivity contribution in [1.29, 1.82) is 5.26 Å². The monoisotopic (exact) mass is 302 g/mol. The van der Waals surface area contributed by atoms with Gasteiger partial charge in [-0.05, 0) is 44.1 Å². The second kappa shape index (κ2) is 6.05. The fourth-order valence-electron chi connectivity index (χ4n) is 3.28. The number of imidazole rings is 1. The van der Waals surface area contributed by atoms with Crippen molar-refractivity contribution in [3.8, 4) is 6.07 Å². The maximum atomic E-state index is 9.10. The molecule has 1 atom stereocenters. The van der Waals surface area contributed by atoms with Gasteiger partial charge in [0.05, 0.1) is 28.5 Å². The Balaban J connectivity index is 2.01. The summed E-state index contributed by atoms with van der Waals surface area (Å²) in [5, 5.41) is 9.10. The van der Waals surface area contributed by atoms with E-state index in [1.807, 2.05) is 18.2 Å². The Morgan fingerprint density at radius 2 is 2.33 bits per heavy atom. The second-order valence-corrected chi connectivity index (χ2v) is 5.78. The Morgan fingerprint density at radius 1 is 1.48 bits per heavy atom. The van der Waals surface area contributed by atoms with E-state index in [1.54, 1.807) is 0 Å². The van der Waals surface area contributed by atoms with Gasteiger partial charge in [0.15, 0.2) is 0 Å². The lowest BCUT2D eigenvalue weighted by atomic mass is 10.2. The molecule has 2 aromatic rings. The van der Waals surface area contributed by atoms with Crippen LogP contribution < -0.4 is 0 Å². The molecule has 1 unspecified atom stereocenters. The van der Waals surface area contributed by atoms with Gasteiger partial charge in [-0.15, -0.1) is 11.6 Å². The van der Waals surface area contributed by atoms with Crippen molar-refractivity contribution in [3.63, 3.8) is 0 Å². The number of fused-ring (bicyclic) bond motifs is 1. The van der Waals surface area contributed by atoms with E-state index in [0.717, 1.165) is 29.9 Å². The number of likely N-dealkylation sites (N-methyl/N-ethyl adjacent to an activating group) is 1. The van der Waals surface area contributed by atoms with Crippen molar-refractivity contribution < 1.29 is 0 Å². The highest BCUT2D eigenvalue weighted by molar-refractivity contribution is 6.16. The third-order valence-electron chi connectivity index (χ3n) is 4.37. The summed E-state index contributed by atoms with van der Waals surface area (Å²) in [6.45, 7) is 5.37. The molecule has 1 aromatic carbocycles. The first-order valence-corrected chi connectivity index (χ1v) is 7.99. The molecular weight excluding hydrogens is 284 g/mol. The fourth-order valence-corrected chi connectivity index (χ4v) is 3.48. The lowest BCUT2D eigenvalue weighted by Crippen LogP contribution is -2.33. The van der Waals surface area contributed by atoms with E-state index in [1.165, 1.54) is 19.4 Å². The maximum Gasteiger partial charge on any atom is 0.124 e. The summed E-state index contributed by atoms with van der Waals surface area (Å²) in [4.78, 5) is 7.11. The standard InChI is InChI=1S/C16H19ClN4/c1-2-20-7-3-4-13(20)11-21-15-8-12(10-18)5-6-14(15)19-16(21)9-17/h5-6,8,13H,2-4,7,9,11H2,1H3. The molecule has 0 bridgehead atoms. The topological polar surface area (TPSA) is 44.9 Å². The summed E-state index contributed by atoms with van der Waals surface area (Å²) in [6, 6.07) is 8.39. The summed E-state index contributed by atoms with van der Waals surface area (Å²) in [7, 11) is 0. The van der Waals surface area contributed by atoms with Gasteiger partial charge < -0.3 is 4.57 Å². The predicted molar refractivity (Wildman–Crippen MR) is 84.3 cm³/mol. The number of benzene rings is 1. The van der Waals surface area contributed by atoms with E-state index in [0.29, 0.717) is 17.5 Å². The van der Waals surface area contributed by atoms with E-state index in [4.69, 9.17) is 16.9 Å². The Kier molecular flexibility index (Phi) is 4.14. The average Bonchev–Trinajstić information content (AvgIpc) is 3.11. The molecule has 2 heterocycles. The number of hydrogen-bond donors (Lipinski definition) is 0. The summed E-state index contributed by atoms with van der Waals surface area (Å²) < 4.78 is 2.20. The van der Waals surface area contributed by atoms with Gasteiger partial charge in [-0.25, -0.2) is 4.98 Å². The van der Waals surface area contributed by atoms with Crippen LogP contribution in [0.4, 0.5) is 0 Å². The first-order valence-electron chi connectivity index (χ1n) is 7.46. The van der Waals surface area contributed by atoms with Gasteiger partial charge in [-0.3, -0.25) is 4.90 Å². The quantitative estimate of drug-likeness (QED) is 0.815. The molecular formula is C16H19ClN4. The largest absolute Gasteiger partial charge is 0.325 e. The molecule has 0 radical (unpaired) electrons. The molecule has 0 spiro atoms. The highest BCUT2D eigenvalue weighted by atomic mass is 35.5. The van der Waals surface area contributed by atoms with Gasteiger partial charge in [-0.2, -0.15) is 5.26 Å². The SMILES string of the molecule is CCN1CCCC1Cn1c(CCl)nc2ccc(C#N)cc21. The van der Waals surface area contributed by atoms with Crippen LogP contribution >= 0.6 is 11.6 Å². The minimum Gasteiger partial charge on any atom is -0.325 e. The molecule has 1 aliphatic rings. The van der Waals surface area contributed by atoms with Crippen molar-refractivity contribution in [2.45, 2.75) is 38.2 Å². The van der Waals surface area contributed by atoms with Crippen LogP contribution in [0.15, 0.2) is 18.2 Å². The van der Waals surface area contributed by atoms with Crippen LogP contribution in [-0.2, 0) is 12.4 Å². The maximum absolute atomic E-state index is 9.10. The number of rotatable bonds is 4. The van der Waals surface area contributed by atoms with Gasteiger partial charge in [0.2, 0.25) is 0 Å². The van der Waals surface area contributed by atoms with Crippen molar-refractivity contribution >= 4 is 22.6 Å². The van der Waals surface area contributed by atoms with E-state index in [2.05, 4.69) is 27.4 Å². The first-order chi connectivity index (χ1) is 10.3. The average molecular weight is 303 g/mol. The molecule has 5 heteroatoms. The number of halogens is 1. The normalized spacial score (nSPS) is 19.2. The zero-order valence-electron chi connectivity index (χ0n) is 12.2. The number of nitrogens with zero attached hydrogens (tertiary/aromatic N) is 4. The van der Waals surface area contributed by atoms with Crippen LogP contribution in [-0.4, -0.2) is 33.6 Å². The van der Waals surface area contributed by atoms with Crippen molar-refractivity contribution in [2.24, 2.45) is 0 Å². The zero-order valence-corrected chi connectivity index (χ0v) is 13.0. The molecule has 0 amide bonds. The smallest absolute Gasteiger partial charge is 0.124 e. The molecule has 0 saturated carbocycles. The third-order valence-corrected chi connectivity index (χ3v) is 4.61. The summed E-state index contributed by atoms with van der Waals surface area (Å²) in [5.41, 5.74) is 2.61. The number of alkyl halides is 1. The molecule has 4 nitrogen and oxygen atoms in total. The van der Waals surface area contributed by atoms with Crippen LogP contribution in [0.25, 0.3) is 11.0 Å². The summed E-state index contributed by atoms with van der Waals surface area (Å²) in [6.07, 6.45) is 2.47.